The van der Waals surface area contributed by atoms with Crippen LogP contribution in [0.1, 0.15) is 18.2 Å². The van der Waals surface area contributed by atoms with Gasteiger partial charge in [-0.05, 0) is 55.0 Å². The molecule has 0 aliphatic rings. The molecular formula is C18H17N7S. The van der Waals surface area contributed by atoms with Crippen LogP contribution in [0.4, 0.5) is 0 Å². The molecule has 0 bridgehead atoms. The highest BCUT2D eigenvalue weighted by Gasteiger charge is 2.10. The Labute approximate surface area is 154 Å². The van der Waals surface area contributed by atoms with Crippen molar-refractivity contribution in [1.29, 1.82) is 0 Å². The number of nitrogens with two attached hydrogens (primary N) is 1. The molecule has 4 rings (SSSR count). The lowest BCUT2D eigenvalue weighted by Crippen LogP contribution is -2.25. The van der Waals surface area contributed by atoms with E-state index >= 15 is 0 Å². The summed E-state index contributed by atoms with van der Waals surface area (Å²) in [6.07, 6.45) is 1.80. The fourth-order valence-electron chi connectivity index (χ4n) is 2.80. The normalized spacial score (nSPS) is 12.0. The zero-order valence-electron chi connectivity index (χ0n) is 14.1. The summed E-state index contributed by atoms with van der Waals surface area (Å²) in [5, 5.41) is 8.67. The average molecular weight is 363 g/mol. The Morgan fingerprint density at radius 3 is 3.04 bits per heavy atom. The van der Waals surface area contributed by atoms with Crippen LogP contribution in [0.2, 0.25) is 0 Å². The third kappa shape index (κ3) is 3.14. The standard InChI is InChI=1S/C18H17N7S/c1-11(22-23-18(19)26)14-6-7-16-17(21-14)25(24-16)10-12-4-5-15-13(9-12)3-2-8-20-15/h2-9,24H,10H2,1H3,(H3,19,23,26)/b22-11+. The first-order chi connectivity index (χ1) is 12.6. The van der Waals surface area contributed by atoms with Crippen LogP contribution in [0.3, 0.4) is 0 Å². The third-order valence-electron chi connectivity index (χ3n) is 4.10. The Bertz CT molecular complexity index is 1140. The largest absolute Gasteiger partial charge is 0.375 e. The number of benzene rings is 1. The molecule has 3 heterocycles. The summed E-state index contributed by atoms with van der Waals surface area (Å²) in [6.45, 7) is 2.56. The number of aromatic nitrogens is 4. The Balaban J connectivity index is 1.61. The molecule has 1 aromatic carbocycles. The summed E-state index contributed by atoms with van der Waals surface area (Å²) in [5.74, 6) is 0. The molecule has 0 fully saturated rings. The van der Waals surface area contributed by atoms with Crippen molar-refractivity contribution in [3.8, 4) is 0 Å². The van der Waals surface area contributed by atoms with Gasteiger partial charge in [-0.3, -0.25) is 20.2 Å². The molecule has 0 saturated heterocycles. The van der Waals surface area contributed by atoms with E-state index in [-0.39, 0.29) is 5.11 Å². The molecule has 3 aromatic heterocycles. The molecule has 0 aliphatic heterocycles. The number of H-pyrrole nitrogens is 1. The van der Waals surface area contributed by atoms with Crippen LogP contribution in [0.25, 0.3) is 22.1 Å². The number of pyridine rings is 2. The van der Waals surface area contributed by atoms with Gasteiger partial charge in [0.1, 0.15) is 0 Å². The molecule has 0 amide bonds. The quantitative estimate of drug-likeness (QED) is 0.294. The van der Waals surface area contributed by atoms with Crippen LogP contribution in [-0.2, 0) is 6.54 Å². The zero-order chi connectivity index (χ0) is 18.1. The Hall–Kier alpha value is -3.26. The van der Waals surface area contributed by atoms with Gasteiger partial charge in [0.15, 0.2) is 10.8 Å². The Kier molecular flexibility index (Phi) is 4.10. The highest BCUT2D eigenvalue weighted by atomic mass is 32.1. The van der Waals surface area contributed by atoms with E-state index in [1.54, 1.807) is 6.20 Å². The molecule has 0 radical (unpaired) electrons. The topological polar surface area (TPSA) is 96.9 Å². The van der Waals surface area contributed by atoms with Crippen LogP contribution in [0.5, 0.6) is 0 Å². The van der Waals surface area contributed by atoms with E-state index in [0.29, 0.717) is 12.3 Å². The second-order valence-corrected chi connectivity index (χ2v) is 6.41. The molecule has 26 heavy (non-hydrogen) atoms. The van der Waals surface area contributed by atoms with Gasteiger partial charge in [0.05, 0.1) is 29.0 Å². The van der Waals surface area contributed by atoms with Crippen LogP contribution in [0.15, 0.2) is 53.8 Å². The summed E-state index contributed by atoms with van der Waals surface area (Å²) in [4.78, 5) is 9.03. The number of fused-ring (bicyclic) bond motifs is 2. The molecule has 0 spiro atoms. The van der Waals surface area contributed by atoms with E-state index in [4.69, 9.17) is 18.0 Å². The molecule has 0 atom stereocenters. The molecule has 130 valence electrons. The second-order valence-electron chi connectivity index (χ2n) is 5.97. The minimum absolute atomic E-state index is 0.127. The van der Waals surface area contributed by atoms with Gasteiger partial charge in [0, 0.05) is 11.6 Å². The third-order valence-corrected chi connectivity index (χ3v) is 4.19. The highest BCUT2D eigenvalue weighted by molar-refractivity contribution is 7.80. The maximum Gasteiger partial charge on any atom is 0.184 e. The van der Waals surface area contributed by atoms with Gasteiger partial charge in [-0.25, -0.2) is 4.98 Å². The number of hydrogen-bond donors (Lipinski definition) is 3. The summed E-state index contributed by atoms with van der Waals surface area (Å²) < 4.78 is 2.00. The molecule has 0 aliphatic carbocycles. The predicted molar refractivity (Wildman–Crippen MR) is 107 cm³/mol. The monoisotopic (exact) mass is 363 g/mol. The molecular weight excluding hydrogens is 346 g/mol. The zero-order valence-corrected chi connectivity index (χ0v) is 14.9. The van der Waals surface area contributed by atoms with Gasteiger partial charge >= 0.3 is 0 Å². The van der Waals surface area contributed by atoms with E-state index in [1.807, 2.05) is 35.9 Å². The summed E-state index contributed by atoms with van der Waals surface area (Å²) in [7, 11) is 0. The maximum absolute atomic E-state index is 5.40. The molecule has 0 unspecified atom stereocenters. The van der Waals surface area contributed by atoms with E-state index < -0.39 is 0 Å². The number of thiocarbonyl (C=S) groups is 1. The Morgan fingerprint density at radius 2 is 2.19 bits per heavy atom. The first-order valence-electron chi connectivity index (χ1n) is 8.09. The molecule has 8 heteroatoms. The average Bonchev–Trinajstić information content (AvgIpc) is 2.64. The highest BCUT2D eigenvalue weighted by Crippen LogP contribution is 2.18. The lowest BCUT2D eigenvalue weighted by molar-refractivity contribution is 0.673. The van der Waals surface area contributed by atoms with Gasteiger partial charge < -0.3 is 5.73 Å². The van der Waals surface area contributed by atoms with Gasteiger partial charge in [0.2, 0.25) is 0 Å². The van der Waals surface area contributed by atoms with Gasteiger partial charge in [0.25, 0.3) is 0 Å². The minimum atomic E-state index is 0.127. The first-order valence-corrected chi connectivity index (χ1v) is 8.50. The number of hydrogen-bond acceptors (Lipinski definition) is 4. The van der Waals surface area contributed by atoms with E-state index in [0.717, 1.165) is 27.8 Å². The second kappa shape index (κ2) is 6.57. The van der Waals surface area contributed by atoms with Crippen molar-refractivity contribution in [3.05, 3.63) is 59.9 Å². The summed E-state index contributed by atoms with van der Waals surface area (Å²) in [6, 6.07) is 14.2. The smallest absolute Gasteiger partial charge is 0.184 e. The fourth-order valence-corrected chi connectivity index (χ4v) is 2.85. The number of hydrazone groups is 1. The maximum atomic E-state index is 5.40. The predicted octanol–water partition coefficient (Wildman–Crippen LogP) is 2.52. The summed E-state index contributed by atoms with van der Waals surface area (Å²) in [5.41, 5.74) is 13.5. The summed E-state index contributed by atoms with van der Waals surface area (Å²) >= 11 is 4.76. The van der Waals surface area contributed by atoms with E-state index in [1.165, 1.54) is 5.56 Å². The molecule has 7 nitrogen and oxygen atoms in total. The minimum Gasteiger partial charge on any atom is -0.375 e. The number of aromatic amines is 1. The van der Waals surface area contributed by atoms with Crippen molar-refractivity contribution in [2.45, 2.75) is 13.5 Å². The van der Waals surface area contributed by atoms with Crippen molar-refractivity contribution in [2.75, 3.05) is 0 Å². The van der Waals surface area contributed by atoms with Gasteiger partial charge in [-0.2, -0.15) is 5.10 Å². The molecule has 0 saturated carbocycles. The van der Waals surface area contributed by atoms with Crippen molar-refractivity contribution in [2.24, 2.45) is 10.8 Å². The first kappa shape index (κ1) is 16.2. The number of nitrogens with one attached hydrogen (secondary N) is 2. The van der Waals surface area contributed by atoms with Crippen molar-refractivity contribution in [1.82, 2.24) is 25.2 Å². The van der Waals surface area contributed by atoms with Gasteiger partial charge in [-0.15, -0.1) is 0 Å². The molecule has 4 aromatic rings. The van der Waals surface area contributed by atoms with E-state index in [2.05, 4.69) is 43.8 Å². The van der Waals surface area contributed by atoms with Crippen LogP contribution in [0, 0.1) is 0 Å². The van der Waals surface area contributed by atoms with Crippen LogP contribution >= 0.6 is 12.2 Å². The Morgan fingerprint density at radius 1 is 1.31 bits per heavy atom. The van der Waals surface area contributed by atoms with E-state index in [9.17, 15) is 0 Å². The lowest BCUT2D eigenvalue weighted by Gasteiger charge is -2.17. The van der Waals surface area contributed by atoms with Crippen molar-refractivity contribution >= 4 is 45.1 Å². The fraction of sp³-hybridized carbons (Fsp3) is 0.111. The van der Waals surface area contributed by atoms with Crippen molar-refractivity contribution < 1.29 is 0 Å². The number of nitrogens with zero attached hydrogens (tertiary/aromatic N) is 4. The van der Waals surface area contributed by atoms with Crippen molar-refractivity contribution in [3.63, 3.8) is 0 Å². The SMILES string of the molecule is C/C(=N\NC(N)=S)c1ccc2[nH]n(Cc3ccc4ncccc4c3)c2n1. The van der Waals surface area contributed by atoms with Gasteiger partial charge in [-0.1, -0.05) is 12.1 Å². The number of rotatable bonds is 4. The van der Waals surface area contributed by atoms with Crippen LogP contribution in [-0.4, -0.2) is 30.6 Å². The van der Waals surface area contributed by atoms with Crippen LogP contribution < -0.4 is 11.2 Å². The lowest BCUT2D eigenvalue weighted by atomic mass is 10.1. The molecule has 4 N–H and O–H groups in total.